The average molecular weight is 442 g/mol. The Morgan fingerprint density at radius 2 is 2.25 bits per heavy atom. The molecule has 2 N–H and O–H groups in total. The van der Waals surface area contributed by atoms with Gasteiger partial charge in [-0.05, 0) is 59.5 Å². The zero-order valence-electron chi connectivity index (χ0n) is 14.2. The molecule has 0 saturated carbocycles. The number of rotatable bonds is 7. The zero-order valence-corrected chi connectivity index (χ0v) is 16.3. The first-order chi connectivity index (χ1) is 11.5. The second kappa shape index (κ2) is 9.49. The summed E-state index contributed by atoms with van der Waals surface area (Å²) in [5.74, 6) is 0.674. The number of hydrogen-bond donors (Lipinski definition) is 2. The van der Waals surface area contributed by atoms with Crippen molar-refractivity contribution < 1.29 is 19.5 Å². The summed E-state index contributed by atoms with van der Waals surface area (Å²) < 4.78 is 11.5. The molecule has 1 aliphatic heterocycles. The highest BCUT2D eigenvalue weighted by atomic mass is 127. The van der Waals surface area contributed by atoms with Crippen LogP contribution in [0, 0.1) is 3.57 Å². The van der Waals surface area contributed by atoms with Crippen molar-refractivity contribution in [3.05, 3.63) is 39.0 Å². The third-order valence-corrected chi connectivity index (χ3v) is 4.81. The second-order valence-electron chi connectivity index (χ2n) is 5.94. The standard InChI is InChI=1S/C18H24BIO4/c1-3-5-13(7-8-15-6-4-9-19(22)24-15)10-14-11-16(20)18(21)17(12-14)23-2/h4,6,10-12,15,21-22H,3,5,7-9H2,1-2H3/b13-10+/t15-/m0/s1. The van der Waals surface area contributed by atoms with E-state index in [4.69, 9.17) is 9.39 Å². The Kier molecular flexibility index (Phi) is 7.64. The van der Waals surface area contributed by atoms with E-state index in [1.165, 1.54) is 5.57 Å². The SMILES string of the molecule is CCC/C(=C\c1cc(I)c(O)c(OC)c1)CC[C@@H]1C=CCB(O)O1. The molecule has 1 aromatic rings. The fourth-order valence-electron chi connectivity index (χ4n) is 2.80. The molecule has 0 unspecified atom stereocenters. The van der Waals surface area contributed by atoms with Gasteiger partial charge >= 0.3 is 7.12 Å². The van der Waals surface area contributed by atoms with Gasteiger partial charge < -0.3 is 19.5 Å². The van der Waals surface area contributed by atoms with Gasteiger partial charge in [0.2, 0.25) is 0 Å². The first-order valence-electron chi connectivity index (χ1n) is 8.29. The molecule has 0 amide bonds. The number of methoxy groups -OCH3 is 1. The van der Waals surface area contributed by atoms with E-state index in [-0.39, 0.29) is 11.9 Å². The molecule has 4 nitrogen and oxygen atoms in total. The number of aromatic hydroxyl groups is 1. The van der Waals surface area contributed by atoms with Crippen LogP contribution in [0.1, 0.15) is 38.2 Å². The summed E-state index contributed by atoms with van der Waals surface area (Å²) in [5, 5.41) is 19.5. The number of ether oxygens (including phenoxy) is 1. The predicted octanol–water partition coefficient (Wildman–Crippen LogP) is 4.40. The Hall–Kier alpha value is -0.985. The minimum absolute atomic E-state index is 0.0245. The van der Waals surface area contributed by atoms with Crippen molar-refractivity contribution in [2.75, 3.05) is 7.11 Å². The zero-order chi connectivity index (χ0) is 17.5. The minimum Gasteiger partial charge on any atom is -0.504 e. The van der Waals surface area contributed by atoms with Crippen molar-refractivity contribution in [2.45, 2.75) is 45.0 Å². The molecule has 1 heterocycles. The summed E-state index contributed by atoms with van der Waals surface area (Å²) in [7, 11) is 0.880. The normalized spacial score (nSPS) is 18.1. The summed E-state index contributed by atoms with van der Waals surface area (Å²) in [6.45, 7) is 2.16. The summed E-state index contributed by atoms with van der Waals surface area (Å²) in [6.07, 6.45) is 10.6. The molecule has 0 aromatic heterocycles. The lowest BCUT2D eigenvalue weighted by Gasteiger charge is -2.20. The van der Waals surface area contributed by atoms with Gasteiger partial charge in [0.15, 0.2) is 11.5 Å². The minimum atomic E-state index is -0.679. The van der Waals surface area contributed by atoms with Gasteiger partial charge in [0.1, 0.15) is 0 Å². The van der Waals surface area contributed by atoms with Gasteiger partial charge in [0.05, 0.1) is 16.8 Å². The van der Waals surface area contributed by atoms with E-state index in [1.54, 1.807) is 7.11 Å². The lowest BCUT2D eigenvalue weighted by atomic mass is 9.82. The predicted molar refractivity (Wildman–Crippen MR) is 106 cm³/mol. The lowest BCUT2D eigenvalue weighted by molar-refractivity contribution is 0.192. The van der Waals surface area contributed by atoms with E-state index in [2.05, 4.69) is 35.6 Å². The van der Waals surface area contributed by atoms with Crippen LogP contribution >= 0.6 is 22.6 Å². The Bertz CT molecular complexity index is 615. The molecule has 1 aliphatic rings. The van der Waals surface area contributed by atoms with E-state index in [9.17, 15) is 10.1 Å². The highest BCUT2D eigenvalue weighted by Crippen LogP contribution is 2.33. The number of hydrogen-bond acceptors (Lipinski definition) is 4. The van der Waals surface area contributed by atoms with Crippen LogP contribution < -0.4 is 4.74 Å². The van der Waals surface area contributed by atoms with Crippen LogP contribution in [0.3, 0.4) is 0 Å². The molecule has 0 fully saturated rings. The van der Waals surface area contributed by atoms with Gasteiger partial charge in [-0.1, -0.05) is 37.1 Å². The lowest BCUT2D eigenvalue weighted by Crippen LogP contribution is -2.27. The van der Waals surface area contributed by atoms with Crippen molar-refractivity contribution in [1.82, 2.24) is 0 Å². The topological polar surface area (TPSA) is 58.9 Å². The monoisotopic (exact) mass is 442 g/mol. The van der Waals surface area contributed by atoms with E-state index in [1.807, 2.05) is 24.3 Å². The maximum absolute atomic E-state index is 9.96. The molecule has 1 atom stereocenters. The molecule has 6 heteroatoms. The van der Waals surface area contributed by atoms with Crippen LogP contribution in [-0.2, 0) is 4.65 Å². The van der Waals surface area contributed by atoms with E-state index in [0.717, 1.165) is 34.8 Å². The van der Waals surface area contributed by atoms with Crippen LogP contribution in [-0.4, -0.2) is 30.5 Å². The maximum atomic E-state index is 9.96. The number of benzene rings is 1. The molecule has 0 saturated heterocycles. The second-order valence-corrected chi connectivity index (χ2v) is 7.10. The number of halogens is 1. The van der Waals surface area contributed by atoms with Gasteiger partial charge in [-0.2, -0.15) is 0 Å². The molecular weight excluding hydrogens is 418 g/mol. The number of phenolic OH excluding ortho intramolecular Hbond substituents is 1. The van der Waals surface area contributed by atoms with E-state index >= 15 is 0 Å². The van der Waals surface area contributed by atoms with Crippen LogP contribution in [0.2, 0.25) is 6.32 Å². The Morgan fingerprint density at radius 3 is 2.92 bits per heavy atom. The molecule has 0 spiro atoms. The number of phenols is 1. The van der Waals surface area contributed by atoms with Crippen molar-refractivity contribution in [1.29, 1.82) is 0 Å². The number of allylic oxidation sites excluding steroid dienone is 2. The molecule has 1 aromatic carbocycles. The Morgan fingerprint density at radius 1 is 1.46 bits per heavy atom. The third kappa shape index (κ3) is 5.53. The molecule has 0 radical (unpaired) electrons. The first-order valence-corrected chi connectivity index (χ1v) is 9.37. The van der Waals surface area contributed by atoms with Crippen molar-refractivity contribution in [3.63, 3.8) is 0 Å². The van der Waals surface area contributed by atoms with Gasteiger partial charge in [-0.15, -0.1) is 0 Å². The quantitative estimate of drug-likeness (QED) is 0.374. The van der Waals surface area contributed by atoms with Crippen molar-refractivity contribution in [2.24, 2.45) is 0 Å². The fraction of sp³-hybridized carbons (Fsp3) is 0.444. The smallest absolute Gasteiger partial charge is 0.458 e. The largest absolute Gasteiger partial charge is 0.504 e. The molecule has 130 valence electrons. The van der Waals surface area contributed by atoms with Crippen molar-refractivity contribution in [3.8, 4) is 11.5 Å². The van der Waals surface area contributed by atoms with Gasteiger partial charge in [-0.3, -0.25) is 0 Å². The van der Waals surface area contributed by atoms with Crippen LogP contribution in [0.4, 0.5) is 0 Å². The summed E-state index contributed by atoms with van der Waals surface area (Å²) in [4.78, 5) is 0. The average Bonchev–Trinajstić information content (AvgIpc) is 2.56. The van der Waals surface area contributed by atoms with Crippen LogP contribution in [0.25, 0.3) is 6.08 Å². The Balaban J connectivity index is 2.11. The third-order valence-electron chi connectivity index (χ3n) is 3.98. The fourth-order valence-corrected chi connectivity index (χ4v) is 3.43. The molecule has 0 aliphatic carbocycles. The van der Waals surface area contributed by atoms with Gasteiger partial charge in [0.25, 0.3) is 0 Å². The molecular formula is C18H24BIO4. The van der Waals surface area contributed by atoms with E-state index < -0.39 is 7.12 Å². The maximum Gasteiger partial charge on any atom is 0.458 e. The summed E-state index contributed by atoms with van der Waals surface area (Å²) in [5.41, 5.74) is 2.36. The molecule has 24 heavy (non-hydrogen) atoms. The van der Waals surface area contributed by atoms with Crippen molar-refractivity contribution >= 4 is 35.8 Å². The molecule has 0 bridgehead atoms. The Labute approximate surface area is 157 Å². The van der Waals surface area contributed by atoms with Gasteiger partial charge in [-0.25, -0.2) is 0 Å². The van der Waals surface area contributed by atoms with E-state index in [0.29, 0.717) is 12.1 Å². The summed E-state index contributed by atoms with van der Waals surface area (Å²) >= 11 is 2.11. The molecule has 2 rings (SSSR count). The summed E-state index contributed by atoms with van der Waals surface area (Å²) in [6, 6.07) is 3.81. The van der Waals surface area contributed by atoms with Crippen LogP contribution in [0.15, 0.2) is 29.9 Å². The van der Waals surface area contributed by atoms with Crippen LogP contribution in [0.5, 0.6) is 11.5 Å². The first kappa shape index (κ1) is 19.3. The highest BCUT2D eigenvalue weighted by Gasteiger charge is 2.20. The van der Waals surface area contributed by atoms with Gasteiger partial charge in [0, 0.05) is 6.32 Å². The highest BCUT2D eigenvalue weighted by molar-refractivity contribution is 14.1.